The van der Waals surface area contributed by atoms with Crippen molar-refractivity contribution in [3.05, 3.63) is 12.2 Å². The number of rotatable bonds is 2. The van der Waals surface area contributed by atoms with Crippen LogP contribution in [0.1, 0.15) is 13.3 Å². The first-order valence-corrected chi connectivity index (χ1v) is 4.48. The molecule has 2 aliphatic heterocycles. The van der Waals surface area contributed by atoms with Gasteiger partial charge in [-0.2, -0.15) is 0 Å². The molecule has 0 aromatic heterocycles. The lowest BCUT2D eigenvalue weighted by atomic mass is 10.2. The first-order valence-electron chi connectivity index (χ1n) is 4.48. The standard InChI is InChI=1S/C5H9NO.C4H7NO/c1-3-4(2)5(6)7;1-2-6-4-3-5(1)4/h2-3H2,1H3,(H2,6,7);4H,1-3H2. The van der Waals surface area contributed by atoms with Gasteiger partial charge in [-0.1, -0.05) is 13.5 Å². The van der Waals surface area contributed by atoms with Crippen LogP contribution in [0.4, 0.5) is 0 Å². The molecule has 74 valence electrons. The van der Waals surface area contributed by atoms with Crippen molar-refractivity contribution >= 4 is 5.91 Å². The van der Waals surface area contributed by atoms with Gasteiger partial charge in [0.05, 0.1) is 6.61 Å². The second-order valence-electron chi connectivity index (χ2n) is 3.14. The fourth-order valence-electron chi connectivity index (χ4n) is 1.03. The normalized spacial score (nSPS) is 28.4. The Morgan fingerprint density at radius 3 is 2.54 bits per heavy atom. The van der Waals surface area contributed by atoms with Crippen molar-refractivity contribution in [3.63, 3.8) is 0 Å². The molecule has 4 heteroatoms. The molecule has 2 unspecified atom stereocenters. The number of carbonyl (C=O) groups excluding carboxylic acids is 1. The molecule has 2 heterocycles. The highest BCUT2D eigenvalue weighted by Gasteiger charge is 2.39. The Balaban J connectivity index is 0.000000130. The van der Waals surface area contributed by atoms with Gasteiger partial charge in [0.2, 0.25) is 5.91 Å². The van der Waals surface area contributed by atoms with Gasteiger partial charge < -0.3 is 10.5 Å². The highest BCUT2D eigenvalue weighted by atomic mass is 16.5. The SMILES string of the molecule is C1CN2CC2O1.C=C(CC)C(N)=O. The molecule has 0 aromatic rings. The highest BCUT2D eigenvalue weighted by molar-refractivity contribution is 5.91. The zero-order valence-corrected chi connectivity index (χ0v) is 7.95. The molecule has 0 saturated carbocycles. The van der Waals surface area contributed by atoms with E-state index in [0.717, 1.165) is 6.61 Å². The molecule has 0 spiro atoms. The number of carbonyl (C=O) groups is 1. The maximum atomic E-state index is 10.1. The van der Waals surface area contributed by atoms with Gasteiger partial charge in [0, 0.05) is 18.7 Å². The minimum absolute atomic E-state index is 0.400. The third-order valence-corrected chi connectivity index (χ3v) is 2.13. The second kappa shape index (κ2) is 4.39. The smallest absolute Gasteiger partial charge is 0.244 e. The largest absolute Gasteiger partial charge is 0.366 e. The number of nitrogens with two attached hydrogens (primary N) is 1. The Morgan fingerprint density at radius 2 is 2.46 bits per heavy atom. The number of primary amides is 1. The number of amides is 1. The van der Waals surface area contributed by atoms with Gasteiger partial charge in [-0.05, 0) is 6.42 Å². The predicted molar refractivity (Wildman–Crippen MR) is 49.9 cm³/mol. The molecule has 2 fully saturated rings. The van der Waals surface area contributed by atoms with E-state index in [9.17, 15) is 4.79 Å². The van der Waals surface area contributed by atoms with Crippen LogP contribution < -0.4 is 5.73 Å². The molecule has 2 aliphatic rings. The Labute approximate surface area is 78.3 Å². The third-order valence-electron chi connectivity index (χ3n) is 2.13. The molecule has 0 bridgehead atoms. The van der Waals surface area contributed by atoms with Crippen molar-refractivity contribution in [1.29, 1.82) is 0 Å². The lowest BCUT2D eigenvalue weighted by Crippen LogP contribution is -2.11. The Morgan fingerprint density at radius 1 is 1.77 bits per heavy atom. The average Bonchev–Trinajstić information content (AvgIpc) is 2.73. The van der Waals surface area contributed by atoms with Crippen LogP contribution in [-0.2, 0) is 9.53 Å². The number of nitrogens with zero attached hydrogens (tertiary/aromatic N) is 1. The molecule has 2 N–H and O–H groups in total. The Hall–Kier alpha value is -0.870. The summed E-state index contributed by atoms with van der Waals surface area (Å²) in [6.45, 7) is 8.57. The van der Waals surface area contributed by atoms with Gasteiger partial charge in [-0.25, -0.2) is 0 Å². The second-order valence-corrected chi connectivity index (χ2v) is 3.14. The fourth-order valence-corrected chi connectivity index (χ4v) is 1.03. The summed E-state index contributed by atoms with van der Waals surface area (Å²) < 4.78 is 5.15. The summed E-state index contributed by atoms with van der Waals surface area (Å²) in [6, 6.07) is 0. The molecule has 13 heavy (non-hydrogen) atoms. The molecule has 4 nitrogen and oxygen atoms in total. The first kappa shape index (κ1) is 10.2. The van der Waals surface area contributed by atoms with E-state index < -0.39 is 5.91 Å². The summed E-state index contributed by atoms with van der Waals surface area (Å²) in [4.78, 5) is 12.4. The van der Waals surface area contributed by atoms with Crippen molar-refractivity contribution in [3.8, 4) is 0 Å². The summed E-state index contributed by atoms with van der Waals surface area (Å²) in [5.41, 5.74) is 5.29. The van der Waals surface area contributed by atoms with E-state index in [2.05, 4.69) is 11.5 Å². The zero-order valence-electron chi connectivity index (χ0n) is 7.95. The lowest BCUT2D eigenvalue weighted by molar-refractivity contribution is -0.114. The van der Waals surface area contributed by atoms with Crippen LogP contribution in [0.25, 0.3) is 0 Å². The van der Waals surface area contributed by atoms with Gasteiger partial charge in [0.1, 0.15) is 6.23 Å². The van der Waals surface area contributed by atoms with Crippen molar-refractivity contribution in [2.45, 2.75) is 19.6 Å². The molecular formula is C9H16N2O2. The van der Waals surface area contributed by atoms with Crippen molar-refractivity contribution < 1.29 is 9.53 Å². The van der Waals surface area contributed by atoms with Crippen LogP contribution in [0.5, 0.6) is 0 Å². The number of ether oxygens (including phenoxy) is 1. The summed E-state index contributed by atoms with van der Waals surface area (Å²) in [7, 11) is 0. The number of hydrogen-bond acceptors (Lipinski definition) is 3. The summed E-state index contributed by atoms with van der Waals surface area (Å²) in [6.07, 6.45) is 1.19. The summed E-state index contributed by atoms with van der Waals surface area (Å²) in [5.74, 6) is -0.400. The predicted octanol–water partition coefficient (Wildman–Crippen LogP) is 0.0962. The average molecular weight is 184 g/mol. The molecule has 0 aromatic carbocycles. The van der Waals surface area contributed by atoms with Crippen LogP contribution in [-0.4, -0.2) is 36.7 Å². The maximum Gasteiger partial charge on any atom is 0.244 e. The number of hydrogen-bond donors (Lipinski definition) is 1. The maximum absolute atomic E-state index is 10.1. The molecule has 0 radical (unpaired) electrons. The van der Waals surface area contributed by atoms with Crippen LogP contribution in [0.3, 0.4) is 0 Å². The van der Waals surface area contributed by atoms with Gasteiger partial charge in [0.15, 0.2) is 0 Å². The van der Waals surface area contributed by atoms with Gasteiger partial charge in [-0.3, -0.25) is 9.69 Å². The molecule has 1 amide bonds. The summed E-state index contributed by atoms with van der Waals surface area (Å²) >= 11 is 0. The monoisotopic (exact) mass is 184 g/mol. The molecule has 2 saturated heterocycles. The van der Waals surface area contributed by atoms with Crippen LogP contribution >= 0.6 is 0 Å². The number of morpholine rings is 1. The van der Waals surface area contributed by atoms with E-state index >= 15 is 0 Å². The van der Waals surface area contributed by atoms with E-state index in [1.54, 1.807) is 0 Å². The molecule has 2 atom stereocenters. The molecule has 0 aliphatic carbocycles. The van der Waals surface area contributed by atoms with Crippen LogP contribution in [0, 0.1) is 0 Å². The number of fused-ring (bicyclic) bond motifs is 1. The van der Waals surface area contributed by atoms with E-state index in [1.165, 1.54) is 13.1 Å². The van der Waals surface area contributed by atoms with Gasteiger partial charge in [-0.15, -0.1) is 0 Å². The minimum atomic E-state index is -0.400. The van der Waals surface area contributed by atoms with Gasteiger partial charge >= 0.3 is 0 Å². The quantitative estimate of drug-likeness (QED) is 0.489. The van der Waals surface area contributed by atoms with Crippen molar-refractivity contribution in [2.24, 2.45) is 5.73 Å². The van der Waals surface area contributed by atoms with Crippen molar-refractivity contribution in [1.82, 2.24) is 4.90 Å². The lowest BCUT2D eigenvalue weighted by Gasteiger charge is -1.89. The Bertz CT molecular complexity index is 208. The van der Waals surface area contributed by atoms with E-state index in [4.69, 9.17) is 10.5 Å². The van der Waals surface area contributed by atoms with Crippen LogP contribution in [0.15, 0.2) is 12.2 Å². The topological polar surface area (TPSA) is 55.3 Å². The summed E-state index contributed by atoms with van der Waals surface area (Å²) in [5, 5.41) is 0. The zero-order chi connectivity index (χ0) is 9.84. The van der Waals surface area contributed by atoms with Crippen molar-refractivity contribution in [2.75, 3.05) is 19.7 Å². The van der Waals surface area contributed by atoms with E-state index in [0.29, 0.717) is 18.2 Å². The van der Waals surface area contributed by atoms with Gasteiger partial charge in [0.25, 0.3) is 0 Å². The van der Waals surface area contributed by atoms with E-state index in [1.807, 2.05) is 6.92 Å². The molecule has 2 rings (SSSR count). The third kappa shape index (κ3) is 3.16. The Kier molecular flexibility index (Phi) is 3.45. The minimum Gasteiger partial charge on any atom is -0.366 e. The van der Waals surface area contributed by atoms with Crippen LogP contribution in [0.2, 0.25) is 0 Å². The first-order chi connectivity index (χ1) is 6.15. The highest BCUT2D eigenvalue weighted by Crippen LogP contribution is 2.22. The van der Waals surface area contributed by atoms with E-state index in [-0.39, 0.29) is 0 Å². The fraction of sp³-hybridized carbons (Fsp3) is 0.667. The molecular weight excluding hydrogens is 168 g/mol.